The summed E-state index contributed by atoms with van der Waals surface area (Å²) in [6.07, 6.45) is -3.55. The van der Waals surface area contributed by atoms with E-state index in [4.69, 9.17) is 14.6 Å². The number of hydrogen-bond acceptors (Lipinski definition) is 7. The molecule has 0 saturated carbocycles. The minimum atomic E-state index is -3.65. The summed E-state index contributed by atoms with van der Waals surface area (Å²) in [6, 6.07) is 2.88. The zero-order chi connectivity index (χ0) is 20.4. The van der Waals surface area contributed by atoms with Crippen molar-refractivity contribution in [3.63, 3.8) is 0 Å². The van der Waals surface area contributed by atoms with Crippen molar-refractivity contribution in [2.24, 2.45) is 0 Å². The van der Waals surface area contributed by atoms with Crippen molar-refractivity contribution in [2.45, 2.75) is 56.9 Å². The number of carbonyl (C=O) groups is 1. The fourth-order valence-electron chi connectivity index (χ4n) is 3.42. The molecular formula is C18H27NO7S. The number of alkyl carbamates (subject to hydrolysis) is 1. The van der Waals surface area contributed by atoms with Crippen LogP contribution in [-0.2, 0) is 19.3 Å². The normalized spacial score (nSPS) is 23.9. The van der Waals surface area contributed by atoms with Crippen LogP contribution in [0.1, 0.15) is 23.6 Å². The Morgan fingerprint density at radius 1 is 1.33 bits per heavy atom. The lowest BCUT2D eigenvalue weighted by atomic mass is 10.1. The quantitative estimate of drug-likeness (QED) is 0.639. The van der Waals surface area contributed by atoms with Gasteiger partial charge in [-0.2, -0.15) is 0 Å². The topological polar surface area (TPSA) is 122 Å². The van der Waals surface area contributed by atoms with Gasteiger partial charge in [-0.05, 0) is 38.8 Å². The molecule has 9 heteroatoms. The number of amides is 1. The lowest BCUT2D eigenvalue weighted by Crippen LogP contribution is -2.46. The van der Waals surface area contributed by atoms with E-state index in [1.165, 1.54) is 6.92 Å². The van der Waals surface area contributed by atoms with E-state index >= 15 is 0 Å². The summed E-state index contributed by atoms with van der Waals surface area (Å²) in [5.41, 5.74) is 2.29. The van der Waals surface area contributed by atoms with Crippen LogP contribution < -0.4 is 5.32 Å². The maximum absolute atomic E-state index is 12.8. The van der Waals surface area contributed by atoms with Crippen molar-refractivity contribution in [1.82, 2.24) is 5.32 Å². The van der Waals surface area contributed by atoms with Crippen molar-refractivity contribution >= 4 is 15.9 Å². The largest absolute Gasteiger partial charge is 0.445 e. The van der Waals surface area contributed by atoms with Crippen molar-refractivity contribution in [2.75, 3.05) is 19.0 Å². The van der Waals surface area contributed by atoms with Gasteiger partial charge in [0.05, 0.1) is 29.9 Å². The Morgan fingerprint density at radius 3 is 2.44 bits per heavy atom. The van der Waals surface area contributed by atoms with Gasteiger partial charge < -0.3 is 25.0 Å². The smallest absolute Gasteiger partial charge is 0.407 e. The van der Waals surface area contributed by atoms with Gasteiger partial charge in [-0.15, -0.1) is 0 Å². The van der Waals surface area contributed by atoms with Gasteiger partial charge in [0.1, 0.15) is 18.3 Å². The lowest BCUT2D eigenvalue weighted by Gasteiger charge is -2.20. The van der Waals surface area contributed by atoms with E-state index in [1.54, 1.807) is 26.0 Å². The second kappa shape index (κ2) is 8.55. The molecule has 0 bridgehead atoms. The summed E-state index contributed by atoms with van der Waals surface area (Å²) < 4.78 is 35.8. The van der Waals surface area contributed by atoms with E-state index in [9.17, 15) is 18.3 Å². The maximum atomic E-state index is 12.8. The fraction of sp³-hybridized carbons (Fsp3) is 0.611. The molecule has 0 spiro atoms. The average Bonchev–Trinajstić information content (AvgIpc) is 2.85. The first kappa shape index (κ1) is 21.6. The Bertz CT molecular complexity index is 770. The summed E-state index contributed by atoms with van der Waals surface area (Å²) in [7, 11) is -3.65. The second-order valence-electron chi connectivity index (χ2n) is 7.02. The van der Waals surface area contributed by atoms with E-state index in [1.807, 2.05) is 6.92 Å². The third kappa shape index (κ3) is 5.19. The molecule has 1 aromatic carbocycles. The van der Waals surface area contributed by atoms with Crippen molar-refractivity contribution in [3.8, 4) is 0 Å². The van der Waals surface area contributed by atoms with E-state index in [2.05, 4.69) is 5.32 Å². The fourth-order valence-corrected chi connectivity index (χ4v) is 5.37. The number of aryl methyl sites for hydroxylation is 3. The third-order valence-corrected chi connectivity index (χ3v) is 6.62. The van der Waals surface area contributed by atoms with Gasteiger partial charge in [-0.25, -0.2) is 13.2 Å². The maximum Gasteiger partial charge on any atom is 0.407 e. The number of benzene rings is 1. The molecule has 3 N–H and O–H groups in total. The molecule has 1 aromatic rings. The van der Waals surface area contributed by atoms with Gasteiger partial charge in [0.2, 0.25) is 0 Å². The standard InChI is InChI=1S/C18H27NO7S/c1-10-5-11(2)17(12(3)6-10)27(23,24)9-13(4)26-18(22)19-14-8-25-15(7-20)16(14)21/h5-6,13-16,20-21H,7-9H2,1-4H3,(H,19,22)/t13?,14?,15-,16?/m1/s1. The molecule has 1 fully saturated rings. The molecule has 4 atom stereocenters. The number of ether oxygens (including phenoxy) is 2. The molecule has 152 valence electrons. The van der Waals surface area contributed by atoms with Crippen molar-refractivity contribution < 1.29 is 32.9 Å². The molecule has 0 radical (unpaired) electrons. The zero-order valence-corrected chi connectivity index (χ0v) is 16.7. The Kier molecular flexibility index (Phi) is 6.85. The van der Waals surface area contributed by atoms with Gasteiger partial charge in [0.15, 0.2) is 9.84 Å². The molecule has 27 heavy (non-hydrogen) atoms. The number of carbonyl (C=O) groups excluding carboxylic acids is 1. The average molecular weight is 401 g/mol. The Morgan fingerprint density at radius 2 is 1.93 bits per heavy atom. The SMILES string of the molecule is Cc1cc(C)c(S(=O)(=O)CC(C)OC(=O)NC2CO[C@H](CO)C2O)c(C)c1. The highest BCUT2D eigenvalue weighted by atomic mass is 32.2. The van der Waals surface area contributed by atoms with E-state index < -0.39 is 40.3 Å². The van der Waals surface area contributed by atoms with Gasteiger partial charge >= 0.3 is 6.09 Å². The van der Waals surface area contributed by atoms with Crippen LogP contribution in [0.3, 0.4) is 0 Å². The summed E-state index contributed by atoms with van der Waals surface area (Å²) in [6.45, 7) is 6.55. The Balaban J connectivity index is 1.99. The van der Waals surface area contributed by atoms with E-state index in [0.717, 1.165) is 5.56 Å². The van der Waals surface area contributed by atoms with Crippen LogP contribution in [0.15, 0.2) is 17.0 Å². The first-order valence-corrected chi connectivity index (χ1v) is 10.4. The summed E-state index contributed by atoms with van der Waals surface area (Å²) in [4.78, 5) is 12.3. The van der Waals surface area contributed by atoms with Gasteiger partial charge in [0.25, 0.3) is 0 Å². The first-order chi connectivity index (χ1) is 12.5. The molecule has 1 aliphatic rings. The van der Waals surface area contributed by atoms with Crippen LogP contribution in [0.2, 0.25) is 0 Å². The van der Waals surface area contributed by atoms with Gasteiger partial charge in [-0.3, -0.25) is 0 Å². The summed E-state index contributed by atoms with van der Waals surface area (Å²) >= 11 is 0. The molecular weight excluding hydrogens is 374 g/mol. The summed E-state index contributed by atoms with van der Waals surface area (Å²) in [5.74, 6) is -0.353. The number of rotatable bonds is 6. The monoisotopic (exact) mass is 401 g/mol. The number of sulfone groups is 1. The first-order valence-electron chi connectivity index (χ1n) is 8.73. The molecule has 3 unspecified atom stereocenters. The van der Waals surface area contributed by atoms with Crippen LogP contribution in [0.25, 0.3) is 0 Å². The minimum absolute atomic E-state index is 0.0376. The van der Waals surface area contributed by atoms with Gasteiger partial charge in [0, 0.05) is 0 Å². The van der Waals surface area contributed by atoms with Crippen molar-refractivity contribution in [1.29, 1.82) is 0 Å². The molecule has 8 nitrogen and oxygen atoms in total. The number of aliphatic hydroxyl groups is 2. The van der Waals surface area contributed by atoms with Crippen LogP contribution in [-0.4, -0.2) is 68.0 Å². The van der Waals surface area contributed by atoms with Crippen LogP contribution in [0.4, 0.5) is 4.79 Å². The number of nitrogens with one attached hydrogen (secondary N) is 1. The molecule has 1 aliphatic heterocycles. The molecule has 2 rings (SSSR count). The van der Waals surface area contributed by atoms with Crippen molar-refractivity contribution in [3.05, 3.63) is 28.8 Å². The molecule has 1 saturated heterocycles. The lowest BCUT2D eigenvalue weighted by molar-refractivity contribution is 0.00261. The number of aliphatic hydroxyl groups excluding tert-OH is 2. The highest BCUT2D eigenvalue weighted by Gasteiger charge is 2.37. The van der Waals surface area contributed by atoms with Crippen LogP contribution in [0, 0.1) is 20.8 Å². The predicted octanol–water partition coefficient (Wildman–Crippen LogP) is 0.621. The Hall–Kier alpha value is -1.68. The molecule has 1 heterocycles. The summed E-state index contributed by atoms with van der Waals surface area (Å²) in [5, 5.41) is 21.4. The van der Waals surface area contributed by atoms with Crippen LogP contribution in [0.5, 0.6) is 0 Å². The highest BCUT2D eigenvalue weighted by Crippen LogP contribution is 2.24. The molecule has 0 aliphatic carbocycles. The van der Waals surface area contributed by atoms with E-state index in [0.29, 0.717) is 11.1 Å². The van der Waals surface area contributed by atoms with Gasteiger partial charge in [-0.1, -0.05) is 17.7 Å². The number of hydrogen-bond donors (Lipinski definition) is 3. The minimum Gasteiger partial charge on any atom is -0.445 e. The molecule has 1 amide bonds. The highest BCUT2D eigenvalue weighted by molar-refractivity contribution is 7.91. The second-order valence-corrected chi connectivity index (χ2v) is 8.99. The Labute approximate surface area is 159 Å². The zero-order valence-electron chi connectivity index (χ0n) is 15.9. The van der Waals surface area contributed by atoms with Crippen LogP contribution >= 0.6 is 0 Å². The third-order valence-electron chi connectivity index (χ3n) is 4.44. The molecule has 0 aromatic heterocycles. The predicted molar refractivity (Wildman–Crippen MR) is 98.4 cm³/mol. The van der Waals surface area contributed by atoms with E-state index in [-0.39, 0.29) is 23.9 Å².